The van der Waals surface area contributed by atoms with E-state index in [2.05, 4.69) is 25.7 Å². The number of hydrogen-bond acceptors (Lipinski definition) is 6. The van der Waals surface area contributed by atoms with E-state index in [0.29, 0.717) is 42.5 Å². The van der Waals surface area contributed by atoms with E-state index in [-0.39, 0.29) is 11.7 Å². The Labute approximate surface area is 158 Å². The molecule has 0 spiro atoms. The number of aromatic amines is 1. The van der Waals surface area contributed by atoms with Crippen LogP contribution < -0.4 is 14.8 Å². The van der Waals surface area contributed by atoms with Crippen molar-refractivity contribution in [3.8, 4) is 22.8 Å². The molecule has 1 aromatic carbocycles. The van der Waals surface area contributed by atoms with Crippen molar-refractivity contribution < 1.29 is 13.9 Å². The van der Waals surface area contributed by atoms with Gasteiger partial charge in [-0.1, -0.05) is 0 Å². The molecule has 2 aliphatic heterocycles. The van der Waals surface area contributed by atoms with E-state index in [4.69, 9.17) is 9.47 Å². The summed E-state index contributed by atoms with van der Waals surface area (Å²) in [6.07, 6.45) is 3.29. The van der Waals surface area contributed by atoms with Crippen LogP contribution in [-0.2, 0) is 6.54 Å². The highest BCUT2D eigenvalue weighted by molar-refractivity contribution is 5.80. The number of rotatable bonds is 1. The Bertz CT molecular complexity index is 1200. The molecule has 2 N–H and O–H groups in total. The highest BCUT2D eigenvalue weighted by Crippen LogP contribution is 2.41. The topological polar surface area (TPSA) is 89.4 Å². The fraction of sp³-hybridized carbons (Fsp3) is 0.211. The van der Waals surface area contributed by atoms with Crippen LogP contribution in [0.2, 0.25) is 0 Å². The van der Waals surface area contributed by atoms with Crippen LogP contribution in [0.5, 0.6) is 11.5 Å². The lowest BCUT2D eigenvalue weighted by atomic mass is 9.96. The van der Waals surface area contributed by atoms with Gasteiger partial charge in [-0.2, -0.15) is 5.10 Å². The minimum absolute atomic E-state index is 0.0272. The number of halogens is 1. The molecule has 6 rings (SSSR count). The van der Waals surface area contributed by atoms with Crippen LogP contribution in [0, 0.1) is 5.82 Å². The Morgan fingerprint density at radius 2 is 2.04 bits per heavy atom. The predicted octanol–water partition coefficient (Wildman–Crippen LogP) is 2.74. The summed E-state index contributed by atoms with van der Waals surface area (Å²) < 4.78 is 28.3. The molecule has 0 saturated carbocycles. The van der Waals surface area contributed by atoms with Gasteiger partial charge in [0.2, 0.25) is 0 Å². The molecule has 4 aromatic rings. The lowest BCUT2D eigenvalue weighted by molar-refractivity contribution is 0.249. The van der Waals surface area contributed by atoms with E-state index >= 15 is 0 Å². The fourth-order valence-electron chi connectivity index (χ4n) is 3.99. The maximum atomic E-state index is 14.6. The van der Waals surface area contributed by atoms with Crippen molar-refractivity contribution in [2.45, 2.75) is 12.5 Å². The molecule has 2 aliphatic rings. The molecule has 0 radical (unpaired) electrons. The Morgan fingerprint density at radius 3 is 2.89 bits per heavy atom. The number of hydrogen-bond donors (Lipinski definition) is 2. The number of nitrogens with one attached hydrogen (secondary N) is 2. The molecule has 0 aliphatic carbocycles. The maximum absolute atomic E-state index is 14.6. The normalized spacial score (nSPS) is 17.5. The molecule has 0 amide bonds. The van der Waals surface area contributed by atoms with Gasteiger partial charge >= 0.3 is 0 Å². The summed E-state index contributed by atoms with van der Waals surface area (Å²) in [5, 5.41) is 18.6. The van der Waals surface area contributed by atoms with E-state index in [1.165, 1.54) is 6.07 Å². The van der Waals surface area contributed by atoms with Gasteiger partial charge in [0.25, 0.3) is 0 Å². The Kier molecular flexibility index (Phi) is 3.14. The molecule has 3 aromatic heterocycles. The summed E-state index contributed by atoms with van der Waals surface area (Å²) in [5.41, 5.74) is 3.77. The minimum Gasteiger partial charge on any atom is -0.493 e. The minimum atomic E-state index is -0.251. The highest BCUT2D eigenvalue weighted by Gasteiger charge is 2.31. The summed E-state index contributed by atoms with van der Waals surface area (Å²) in [6, 6.07) is 6.91. The number of pyridine rings is 1. The number of H-pyrrole nitrogens is 1. The van der Waals surface area contributed by atoms with Gasteiger partial charge in [0.05, 0.1) is 24.8 Å². The number of nitrogens with zero attached hydrogens (tertiary/aromatic N) is 4. The molecule has 1 atom stereocenters. The Morgan fingerprint density at radius 1 is 1.14 bits per heavy atom. The van der Waals surface area contributed by atoms with Crippen LogP contribution >= 0.6 is 0 Å². The van der Waals surface area contributed by atoms with Crippen LogP contribution in [0.25, 0.3) is 16.9 Å². The summed E-state index contributed by atoms with van der Waals surface area (Å²) in [6.45, 7) is 1.17. The van der Waals surface area contributed by atoms with E-state index in [9.17, 15) is 4.39 Å². The van der Waals surface area contributed by atoms with Gasteiger partial charge in [-0.15, -0.1) is 10.2 Å². The fourth-order valence-corrected chi connectivity index (χ4v) is 3.99. The van der Waals surface area contributed by atoms with Crippen LogP contribution in [-0.4, -0.2) is 38.0 Å². The Balaban J connectivity index is 1.53. The molecule has 140 valence electrons. The smallest absolute Gasteiger partial charge is 0.171 e. The monoisotopic (exact) mass is 378 g/mol. The van der Waals surface area contributed by atoms with E-state index in [1.807, 2.05) is 16.5 Å². The lowest BCUT2D eigenvalue weighted by Crippen LogP contribution is -2.13. The zero-order valence-corrected chi connectivity index (χ0v) is 14.6. The average Bonchev–Trinajstić information content (AvgIpc) is 3.45. The number of anilines is 1. The lowest BCUT2D eigenvalue weighted by Gasteiger charge is -2.16. The third-order valence-corrected chi connectivity index (χ3v) is 5.31. The summed E-state index contributed by atoms with van der Waals surface area (Å²) in [4.78, 5) is 0. The van der Waals surface area contributed by atoms with Crippen molar-refractivity contribution in [3.05, 3.63) is 53.7 Å². The molecular formula is C19H15FN6O2. The third-order valence-electron chi connectivity index (χ3n) is 5.31. The molecule has 0 bridgehead atoms. The zero-order chi connectivity index (χ0) is 18.7. The maximum Gasteiger partial charge on any atom is 0.171 e. The van der Waals surface area contributed by atoms with Gasteiger partial charge in [0.15, 0.2) is 17.2 Å². The van der Waals surface area contributed by atoms with Crippen LogP contribution in [0.15, 0.2) is 36.8 Å². The highest BCUT2D eigenvalue weighted by atomic mass is 19.1. The van der Waals surface area contributed by atoms with E-state index in [0.717, 1.165) is 22.6 Å². The summed E-state index contributed by atoms with van der Waals surface area (Å²) in [7, 11) is 0. The first-order chi connectivity index (χ1) is 13.8. The van der Waals surface area contributed by atoms with Gasteiger partial charge in [0, 0.05) is 29.4 Å². The molecule has 0 unspecified atom stereocenters. The first kappa shape index (κ1) is 15.4. The first-order valence-electron chi connectivity index (χ1n) is 8.97. The number of aromatic nitrogens is 5. The molecule has 9 heteroatoms. The Hall–Kier alpha value is -3.62. The number of ether oxygens (including phenoxy) is 2. The second-order valence-electron chi connectivity index (χ2n) is 6.88. The van der Waals surface area contributed by atoms with E-state index in [1.54, 1.807) is 18.6 Å². The largest absolute Gasteiger partial charge is 0.493 e. The van der Waals surface area contributed by atoms with Crippen LogP contribution in [0.1, 0.15) is 17.0 Å². The summed E-state index contributed by atoms with van der Waals surface area (Å²) in [5.74, 6) is 1.77. The van der Waals surface area contributed by atoms with Crippen molar-refractivity contribution in [3.63, 3.8) is 0 Å². The van der Waals surface area contributed by atoms with Crippen molar-refractivity contribution in [2.24, 2.45) is 0 Å². The quantitative estimate of drug-likeness (QED) is 0.529. The number of fused-ring (bicyclic) bond motifs is 3. The summed E-state index contributed by atoms with van der Waals surface area (Å²) >= 11 is 0. The van der Waals surface area contributed by atoms with Crippen LogP contribution in [0.3, 0.4) is 0 Å². The molecule has 5 heterocycles. The van der Waals surface area contributed by atoms with Crippen molar-refractivity contribution in [1.82, 2.24) is 24.8 Å². The first-order valence-corrected chi connectivity index (χ1v) is 8.97. The SMILES string of the molecule is Fc1ccc2c3c1CNc1c(cc(-c4ccn[nH]4)c4nncn14)OC[C@@H]3CO2. The van der Waals surface area contributed by atoms with E-state index < -0.39 is 0 Å². The van der Waals surface area contributed by atoms with Crippen molar-refractivity contribution >= 4 is 11.5 Å². The van der Waals surface area contributed by atoms with Gasteiger partial charge in [-0.05, 0) is 24.3 Å². The van der Waals surface area contributed by atoms with Gasteiger partial charge in [0.1, 0.15) is 17.9 Å². The van der Waals surface area contributed by atoms with Gasteiger partial charge < -0.3 is 14.8 Å². The standard InChI is InChI=1S/C19H15FN6O2/c20-13-1-2-15-17-10(7-27-15)8-28-16-5-11(14-3-4-22-24-14)18-25-23-9-26(18)19(16)21-6-12(13)17/h1-5,9-10,21H,6-8H2,(H,22,24)/t10-/m0/s1. The van der Waals surface area contributed by atoms with Crippen LogP contribution in [0.4, 0.5) is 10.2 Å². The predicted molar refractivity (Wildman–Crippen MR) is 98.0 cm³/mol. The molecule has 28 heavy (non-hydrogen) atoms. The third kappa shape index (κ3) is 2.13. The van der Waals surface area contributed by atoms with Crippen molar-refractivity contribution in [1.29, 1.82) is 0 Å². The second-order valence-corrected chi connectivity index (χ2v) is 6.88. The molecule has 0 saturated heterocycles. The van der Waals surface area contributed by atoms with Gasteiger partial charge in [-0.3, -0.25) is 9.50 Å². The molecular weight excluding hydrogens is 363 g/mol. The average molecular weight is 378 g/mol. The number of benzene rings is 1. The second kappa shape index (κ2) is 5.69. The van der Waals surface area contributed by atoms with Crippen molar-refractivity contribution in [2.75, 3.05) is 18.5 Å². The van der Waals surface area contributed by atoms with Gasteiger partial charge in [-0.25, -0.2) is 4.39 Å². The molecule has 0 fully saturated rings. The zero-order valence-electron chi connectivity index (χ0n) is 14.6. The molecule has 8 nitrogen and oxygen atoms in total.